The van der Waals surface area contributed by atoms with Crippen LogP contribution in [-0.2, 0) is 20.8 Å². The van der Waals surface area contributed by atoms with Gasteiger partial charge in [0.2, 0.25) is 10.0 Å². The fourth-order valence-electron chi connectivity index (χ4n) is 1.42. The molecule has 0 aliphatic heterocycles. The summed E-state index contributed by atoms with van der Waals surface area (Å²) >= 11 is 10.7. The maximum atomic E-state index is 12.1. The first-order valence-electron chi connectivity index (χ1n) is 5.63. The summed E-state index contributed by atoms with van der Waals surface area (Å²) in [5.41, 5.74) is 5.90. The van der Waals surface area contributed by atoms with Gasteiger partial charge in [0.1, 0.15) is 9.88 Å². The summed E-state index contributed by atoms with van der Waals surface area (Å²) in [6.45, 7) is 0.190. The maximum Gasteiger partial charge on any atom is 0.242 e. The van der Waals surface area contributed by atoms with Gasteiger partial charge in [-0.25, -0.2) is 13.1 Å². The highest BCUT2D eigenvalue weighted by Crippen LogP contribution is 2.22. The molecule has 0 aliphatic carbocycles. The quantitative estimate of drug-likeness (QED) is 0.563. The molecule has 0 spiro atoms. The zero-order valence-corrected chi connectivity index (χ0v) is 14.0. The fraction of sp³-hybridized carbons (Fsp3) is 0.364. The lowest BCUT2D eigenvalue weighted by Gasteiger charge is -2.09. The van der Waals surface area contributed by atoms with Gasteiger partial charge in [-0.15, -0.1) is 0 Å². The van der Waals surface area contributed by atoms with Crippen molar-refractivity contribution in [2.75, 3.05) is 18.6 Å². The highest BCUT2D eigenvalue weighted by Gasteiger charge is 2.18. The van der Waals surface area contributed by atoms with E-state index in [4.69, 9.17) is 29.6 Å². The summed E-state index contributed by atoms with van der Waals surface area (Å²) in [5, 5.41) is 0.0940. The van der Waals surface area contributed by atoms with Gasteiger partial charge in [-0.05, 0) is 18.6 Å². The summed E-state index contributed by atoms with van der Waals surface area (Å²) < 4.78 is 37.5. The van der Waals surface area contributed by atoms with Crippen molar-refractivity contribution in [1.29, 1.82) is 0 Å². The molecule has 0 bridgehead atoms. The van der Waals surface area contributed by atoms with Gasteiger partial charge >= 0.3 is 0 Å². The van der Waals surface area contributed by atoms with Crippen LogP contribution in [0, 0.1) is 0 Å². The first kappa shape index (κ1) is 17.5. The second-order valence-electron chi connectivity index (χ2n) is 4.04. The molecular formula is C11H15ClN2O3S3. The Labute approximate surface area is 131 Å². The van der Waals surface area contributed by atoms with Crippen LogP contribution < -0.4 is 10.5 Å². The Balaban J connectivity index is 2.89. The van der Waals surface area contributed by atoms with Crippen LogP contribution in [0.4, 0.5) is 0 Å². The van der Waals surface area contributed by atoms with Crippen LogP contribution in [0.5, 0.6) is 0 Å². The monoisotopic (exact) mass is 354 g/mol. The third kappa shape index (κ3) is 5.10. The average molecular weight is 355 g/mol. The van der Waals surface area contributed by atoms with Crippen LogP contribution in [0.15, 0.2) is 23.1 Å². The van der Waals surface area contributed by atoms with Gasteiger partial charge in [-0.2, -0.15) is 0 Å². The second-order valence-corrected chi connectivity index (χ2v) is 8.18. The third-order valence-corrected chi connectivity index (χ3v) is 5.45. The van der Waals surface area contributed by atoms with Crippen molar-refractivity contribution in [3.05, 3.63) is 28.8 Å². The molecule has 1 unspecified atom stereocenters. The summed E-state index contributed by atoms with van der Waals surface area (Å²) in [6, 6.07) is 4.33. The molecule has 0 aliphatic rings. The van der Waals surface area contributed by atoms with Gasteiger partial charge in [-0.3, -0.25) is 4.21 Å². The molecule has 0 aromatic heterocycles. The Hall–Kier alpha value is -0.540. The second kappa shape index (κ2) is 7.46. The highest BCUT2D eigenvalue weighted by molar-refractivity contribution is 7.89. The van der Waals surface area contributed by atoms with Crippen LogP contribution in [0.1, 0.15) is 12.0 Å². The van der Waals surface area contributed by atoms with Crippen molar-refractivity contribution < 1.29 is 12.6 Å². The molecule has 0 saturated carbocycles. The Kier molecular flexibility index (Phi) is 6.53. The van der Waals surface area contributed by atoms with Gasteiger partial charge in [0.05, 0.1) is 5.02 Å². The minimum absolute atomic E-state index is 0.0675. The van der Waals surface area contributed by atoms with Crippen LogP contribution in [0.25, 0.3) is 0 Å². The summed E-state index contributed by atoms with van der Waals surface area (Å²) in [5.74, 6) is 0.434. The van der Waals surface area contributed by atoms with Crippen LogP contribution in [0.3, 0.4) is 0 Å². The van der Waals surface area contributed by atoms with Gasteiger partial charge < -0.3 is 5.73 Å². The standard InChI is InChI=1S/C11H15ClN2O3S3/c1-19(15)6-2-5-14-20(16,17)10-7-8(11(13)18)3-4-9(10)12/h3-4,7,14H,2,5-6H2,1H3,(H2,13,18). The molecule has 1 rings (SSSR count). The number of hydrogen-bond donors (Lipinski definition) is 2. The number of halogens is 1. The lowest BCUT2D eigenvalue weighted by molar-refractivity contribution is 0.580. The average Bonchev–Trinajstić information content (AvgIpc) is 2.34. The van der Waals surface area contributed by atoms with Gasteiger partial charge in [0, 0.05) is 34.9 Å². The van der Waals surface area contributed by atoms with E-state index in [1.807, 2.05) is 0 Å². The van der Waals surface area contributed by atoms with E-state index in [2.05, 4.69) is 4.72 Å². The van der Waals surface area contributed by atoms with E-state index < -0.39 is 20.8 Å². The van der Waals surface area contributed by atoms with E-state index in [-0.39, 0.29) is 21.5 Å². The predicted octanol–water partition coefficient (Wildman–Crippen LogP) is 1.02. The Morgan fingerprint density at radius 2 is 2.15 bits per heavy atom. The van der Waals surface area contributed by atoms with Crippen molar-refractivity contribution in [3.8, 4) is 0 Å². The number of benzene rings is 1. The zero-order chi connectivity index (χ0) is 15.3. The van der Waals surface area contributed by atoms with Crippen LogP contribution in [-0.4, -0.2) is 36.2 Å². The summed E-state index contributed by atoms with van der Waals surface area (Å²) in [7, 11) is -4.69. The molecule has 20 heavy (non-hydrogen) atoms. The number of hydrogen-bond acceptors (Lipinski definition) is 4. The number of thiocarbonyl (C=S) groups is 1. The summed E-state index contributed by atoms with van der Waals surface area (Å²) in [6.07, 6.45) is 2.05. The van der Waals surface area contributed by atoms with E-state index in [1.54, 1.807) is 12.3 Å². The minimum Gasteiger partial charge on any atom is -0.389 e. The molecule has 0 saturated heterocycles. The number of nitrogens with one attached hydrogen (secondary N) is 1. The molecule has 5 nitrogen and oxygen atoms in total. The molecule has 1 atom stereocenters. The molecule has 112 valence electrons. The van der Waals surface area contributed by atoms with E-state index in [9.17, 15) is 12.6 Å². The smallest absolute Gasteiger partial charge is 0.242 e. The van der Waals surface area contributed by atoms with Crippen molar-refractivity contribution in [2.24, 2.45) is 5.73 Å². The Morgan fingerprint density at radius 3 is 2.70 bits per heavy atom. The molecule has 3 N–H and O–H groups in total. The zero-order valence-electron chi connectivity index (χ0n) is 10.8. The van der Waals surface area contributed by atoms with E-state index in [0.717, 1.165) is 0 Å². The maximum absolute atomic E-state index is 12.1. The largest absolute Gasteiger partial charge is 0.389 e. The fourth-order valence-corrected chi connectivity index (χ4v) is 3.70. The number of rotatable bonds is 7. The molecule has 0 heterocycles. The molecule has 0 radical (unpaired) electrons. The third-order valence-electron chi connectivity index (χ3n) is 2.41. The Bertz CT molecular complexity index is 632. The van der Waals surface area contributed by atoms with Crippen LogP contribution in [0.2, 0.25) is 5.02 Å². The molecule has 1 aromatic carbocycles. The van der Waals surface area contributed by atoms with Gasteiger partial charge in [0.15, 0.2) is 0 Å². The minimum atomic E-state index is -3.74. The van der Waals surface area contributed by atoms with Crippen molar-refractivity contribution in [3.63, 3.8) is 0 Å². The molecule has 9 heteroatoms. The normalized spacial score (nSPS) is 13.1. The predicted molar refractivity (Wildman–Crippen MR) is 86.1 cm³/mol. The number of sulfonamides is 1. The number of nitrogens with two attached hydrogens (primary N) is 1. The summed E-state index contributed by atoms with van der Waals surface area (Å²) in [4.78, 5) is 0.0292. The molecular weight excluding hydrogens is 340 g/mol. The first-order chi connectivity index (χ1) is 9.24. The van der Waals surface area contributed by atoms with Gasteiger partial charge in [0.25, 0.3) is 0 Å². The van der Waals surface area contributed by atoms with Gasteiger partial charge in [-0.1, -0.05) is 29.9 Å². The lowest BCUT2D eigenvalue weighted by atomic mass is 10.2. The van der Waals surface area contributed by atoms with Crippen LogP contribution >= 0.6 is 23.8 Å². The molecule has 1 aromatic rings. The van der Waals surface area contributed by atoms with E-state index >= 15 is 0 Å². The van der Waals surface area contributed by atoms with Crippen molar-refractivity contribution in [2.45, 2.75) is 11.3 Å². The van der Waals surface area contributed by atoms with E-state index in [1.165, 1.54) is 12.1 Å². The highest BCUT2D eigenvalue weighted by atomic mass is 35.5. The topological polar surface area (TPSA) is 89.3 Å². The van der Waals surface area contributed by atoms with Crippen molar-refractivity contribution in [1.82, 2.24) is 4.72 Å². The molecule has 0 fully saturated rings. The van der Waals surface area contributed by atoms with Crippen molar-refractivity contribution >= 4 is 49.6 Å². The first-order valence-corrected chi connectivity index (χ1v) is 9.63. The lowest BCUT2D eigenvalue weighted by Crippen LogP contribution is -2.26. The van der Waals surface area contributed by atoms with E-state index in [0.29, 0.717) is 17.7 Å². The SMILES string of the molecule is CS(=O)CCCNS(=O)(=O)c1cc(C(N)=S)ccc1Cl. The Morgan fingerprint density at radius 1 is 1.50 bits per heavy atom. The molecule has 0 amide bonds.